The molecule has 0 radical (unpaired) electrons. The van der Waals surface area contributed by atoms with Crippen LogP contribution in [-0.4, -0.2) is 19.3 Å². The topological polar surface area (TPSA) is 44.5 Å². The first-order chi connectivity index (χ1) is 8.53. The van der Waals surface area contributed by atoms with E-state index in [2.05, 4.69) is 13.8 Å². The van der Waals surface area contributed by atoms with Gasteiger partial charge in [0.15, 0.2) is 0 Å². The Morgan fingerprint density at radius 3 is 2.78 bits per heavy atom. The van der Waals surface area contributed by atoms with Crippen molar-refractivity contribution in [2.45, 2.75) is 45.4 Å². The standard InChI is InChI=1S/C15H23NO2/c1-15(2)8-7-13(14(15)16)18-12-6-4-5-11(9-12)10-17-3/h4-6,9,13-14H,7-8,10,16H2,1-3H3. The lowest BCUT2D eigenvalue weighted by Crippen LogP contribution is -2.42. The fourth-order valence-electron chi connectivity index (χ4n) is 2.55. The van der Waals surface area contributed by atoms with Crippen molar-refractivity contribution in [3.63, 3.8) is 0 Å². The molecular formula is C15H23NO2. The van der Waals surface area contributed by atoms with Gasteiger partial charge in [0.05, 0.1) is 6.61 Å². The van der Waals surface area contributed by atoms with Crippen LogP contribution in [0.1, 0.15) is 32.3 Å². The summed E-state index contributed by atoms with van der Waals surface area (Å²) >= 11 is 0. The maximum Gasteiger partial charge on any atom is 0.120 e. The molecule has 2 N–H and O–H groups in total. The van der Waals surface area contributed by atoms with Crippen molar-refractivity contribution in [3.05, 3.63) is 29.8 Å². The normalized spacial score (nSPS) is 26.2. The van der Waals surface area contributed by atoms with E-state index >= 15 is 0 Å². The van der Waals surface area contributed by atoms with Crippen molar-refractivity contribution < 1.29 is 9.47 Å². The highest BCUT2D eigenvalue weighted by Crippen LogP contribution is 2.38. The average molecular weight is 249 g/mol. The molecule has 3 nitrogen and oxygen atoms in total. The summed E-state index contributed by atoms with van der Waals surface area (Å²) in [4.78, 5) is 0. The summed E-state index contributed by atoms with van der Waals surface area (Å²) in [6.07, 6.45) is 2.28. The summed E-state index contributed by atoms with van der Waals surface area (Å²) in [5.74, 6) is 0.891. The van der Waals surface area contributed by atoms with Crippen LogP contribution in [0.25, 0.3) is 0 Å². The van der Waals surface area contributed by atoms with Crippen molar-refractivity contribution in [3.8, 4) is 5.75 Å². The minimum atomic E-state index is 0.101. The molecule has 1 fully saturated rings. The Kier molecular flexibility index (Phi) is 3.93. The molecule has 100 valence electrons. The molecule has 1 aromatic rings. The summed E-state index contributed by atoms with van der Waals surface area (Å²) < 4.78 is 11.2. The Bertz CT molecular complexity index is 403. The van der Waals surface area contributed by atoms with Crippen molar-refractivity contribution in [2.24, 2.45) is 11.1 Å². The SMILES string of the molecule is COCc1cccc(OC2CCC(C)(C)C2N)c1. The van der Waals surface area contributed by atoms with Crippen molar-refractivity contribution in [1.29, 1.82) is 0 Å². The second-order valence-electron chi connectivity index (χ2n) is 5.79. The summed E-state index contributed by atoms with van der Waals surface area (Å²) in [6.45, 7) is 5.03. The number of ether oxygens (including phenoxy) is 2. The van der Waals surface area contributed by atoms with E-state index in [1.54, 1.807) is 7.11 Å². The van der Waals surface area contributed by atoms with E-state index < -0.39 is 0 Å². The van der Waals surface area contributed by atoms with Gasteiger partial charge < -0.3 is 15.2 Å². The highest BCUT2D eigenvalue weighted by atomic mass is 16.5. The van der Waals surface area contributed by atoms with E-state index in [1.807, 2.05) is 24.3 Å². The first-order valence-corrected chi connectivity index (χ1v) is 6.53. The first-order valence-electron chi connectivity index (χ1n) is 6.53. The molecule has 1 aliphatic rings. The number of hydrogen-bond donors (Lipinski definition) is 1. The van der Waals surface area contributed by atoms with Gasteiger partial charge in [-0.2, -0.15) is 0 Å². The molecule has 2 unspecified atom stereocenters. The van der Waals surface area contributed by atoms with Crippen LogP contribution in [0, 0.1) is 5.41 Å². The van der Waals surface area contributed by atoms with E-state index in [-0.39, 0.29) is 17.6 Å². The number of benzene rings is 1. The molecule has 1 aromatic carbocycles. The number of hydrogen-bond acceptors (Lipinski definition) is 3. The molecule has 0 bridgehead atoms. The molecule has 0 aliphatic heterocycles. The summed E-state index contributed by atoms with van der Waals surface area (Å²) in [5.41, 5.74) is 7.55. The van der Waals surface area contributed by atoms with E-state index in [4.69, 9.17) is 15.2 Å². The molecule has 1 saturated carbocycles. The average Bonchev–Trinajstić information content (AvgIpc) is 2.57. The quantitative estimate of drug-likeness (QED) is 0.892. The van der Waals surface area contributed by atoms with Gasteiger partial charge in [0.1, 0.15) is 11.9 Å². The highest BCUT2D eigenvalue weighted by Gasteiger charge is 2.40. The van der Waals surface area contributed by atoms with Crippen LogP contribution >= 0.6 is 0 Å². The minimum absolute atomic E-state index is 0.101. The van der Waals surface area contributed by atoms with E-state index in [0.717, 1.165) is 24.2 Å². The van der Waals surface area contributed by atoms with Crippen molar-refractivity contribution in [2.75, 3.05) is 7.11 Å². The fourth-order valence-corrected chi connectivity index (χ4v) is 2.55. The third-order valence-electron chi connectivity index (χ3n) is 3.87. The molecule has 0 amide bonds. The Hall–Kier alpha value is -1.06. The third kappa shape index (κ3) is 2.85. The van der Waals surface area contributed by atoms with E-state index in [9.17, 15) is 0 Å². The molecule has 18 heavy (non-hydrogen) atoms. The molecule has 0 heterocycles. The van der Waals surface area contributed by atoms with Gasteiger partial charge >= 0.3 is 0 Å². The van der Waals surface area contributed by atoms with Crippen LogP contribution in [0.2, 0.25) is 0 Å². The summed E-state index contributed by atoms with van der Waals surface area (Å²) in [6, 6.07) is 8.15. The van der Waals surface area contributed by atoms with Crippen LogP contribution in [0.3, 0.4) is 0 Å². The van der Waals surface area contributed by atoms with Gasteiger partial charge in [-0.05, 0) is 36.0 Å². The van der Waals surface area contributed by atoms with Gasteiger partial charge in [-0.3, -0.25) is 0 Å². The number of methoxy groups -OCH3 is 1. The Labute approximate surface area is 109 Å². The van der Waals surface area contributed by atoms with E-state index in [0.29, 0.717) is 6.61 Å². The molecule has 0 aromatic heterocycles. The summed E-state index contributed by atoms with van der Waals surface area (Å²) in [7, 11) is 1.70. The van der Waals surface area contributed by atoms with Crippen molar-refractivity contribution >= 4 is 0 Å². The van der Waals surface area contributed by atoms with Gasteiger partial charge in [0.25, 0.3) is 0 Å². The van der Waals surface area contributed by atoms with Crippen LogP contribution in [-0.2, 0) is 11.3 Å². The van der Waals surface area contributed by atoms with Crippen LogP contribution in [0.5, 0.6) is 5.75 Å². The predicted octanol–water partition coefficient (Wildman–Crippen LogP) is 2.73. The first kappa shape index (κ1) is 13.4. The molecular weight excluding hydrogens is 226 g/mol. The Morgan fingerprint density at radius 2 is 2.17 bits per heavy atom. The maximum absolute atomic E-state index is 6.25. The van der Waals surface area contributed by atoms with Gasteiger partial charge in [-0.1, -0.05) is 26.0 Å². The lowest BCUT2D eigenvalue weighted by atomic mass is 9.88. The second kappa shape index (κ2) is 5.29. The summed E-state index contributed by atoms with van der Waals surface area (Å²) in [5, 5.41) is 0. The maximum atomic E-state index is 6.25. The monoisotopic (exact) mass is 249 g/mol. The van der Waals surface area contributed by atoms with E-state index in [1.165, 1.54) is 0 Å². The second-order valence-corrected chi connectivity index (χ2v) is 5.79. The van der Waals surface area contributed by atoms with Crippen LogP contribution in [0.15, 0.2) is 24.3 Å². The molecule has 2 rings (SSSR count). The smallest absolute Gasteiger partial charge is 0.120 e. The zero-order chi connectivity index (χ0) is 13.2. The fraction of sp³-hybridized carbons (Fsp3) is 0.600. The molecule has 1 aliphatic carbocycles. The van der Waals surface area contributed by atoms with Gasteiger partial charge in [-0.25, -0.2) is 0 Å². The van der Waals surface area contributed by atoms with Gasteiger partial charge in [0.2, 0.25) is 0 Å². The number of nitrogens with two attached hydrogens (primary N) is 1. The third-order valence-corrected chi connectivity index (χ3v) is 3.87. The molecule has 3 heteroatoms. The molecule has 0 saturated heterocycles. The largest absolute Gasteiger partial charge is 0.489 e. The Balaban J connectivity index is 2.04. The number of rotatable bonds is 4. The molecule has 0 spiro atoms. The zero-order valence-electron chi connectivity index (χ0n) is 11.5. The minimum Gasteiger partial charge on any atom is -0.489 e. The predicted molar refractivity (Wildman–Crippen MR) is 72.6 cm³/mol. The Morgan fingerprint density at radius 1 is 1.39 bits per heavy atom. The lowest BCUT2D eigenvalue weighted by molar-refractivity contribution is 0.163. The lowest BCUT2D eigenvalue weighted by Gasteiger charge is -2.27. The van der Waals surface area contributed by atoms with Gasteiger partial charge in [-0.15, -0.1) is 0 Å². The van der Waals surface area contributed by atoms with Crippen LogP contribution in [0.4, 0.5) is 0 Å². The van der Waals surface area contributed by atoms with Crippen LogP contribution < -0.4 is 10.5 Å². The molecule has 2 atom stereocenters. The van der Waals surface area contributed by atoms with Gasteiger partial charge in [0, 0.05) is 13.2 Å². The zero-order valence-corrected chi connectivity index (χ0v) is 11.5. The highest BCUT2D eigenvalue weighted by molar-refractivity contribution is 5.28. The van der Waals surface area contributed by atoms with Crippen molar-refractivity contribution in [1.82, 2.24) is 0 Å².